The van der Waals surface area contributed by atoms with E-state index in [1.807, 2.05) is 48.5 Å². The van der Waals surface area contributed by atoms with Gasteiger partial charge in [0.15, 0.2) is 5.82 Å². The molecule has 2 aromatic heterocycles. The number of ether oxygens (including phenoxy) is 2. The SMILES string of the molecule is CCCN1CCc2c(nc(-c3ccc(Nc4cccc(OCc5ccccc5)n4)cc3)nc2N2CCOCC2C)C1. The third kappa shape index (κ3) is 6.50. The minimum Gasteiger partial charge on any atom is -0.473 e. The predicted molar refractivity (Wildman–Crippen MR) is 163 cm³/mol. The van der Waals surface area contributed by atoms with Crippen LogP contribution in [0.15, 0.2) is 72.8 Å². The topological polar surface area (TPSA) is 75.6 Å². The lowest BCUT2D eigenvalue weighted by Gasteiger charge is -2.37. The Bertz CT molecular complexity index is 1450. The van der Waals surface area contributed by atoms with Crippen LogP contribution < -0.4 is 15.0 Å². The third-order valence-corrected chi connectivity index (χ3v) is 7.67. The fraction of sp³-hybridized carbons (Fsp3) is 0.364. The van der Waals surface area contributed by atoms with Crippen LogP contribution in [-0.4, -0.2) is 58.7 Å². The molecular weight excluding hydrogens is 512 g/mol. The Morgan fingerprint density at radius 1 is 0.951 bits per heavy atom. The summed E-state index contributed by atoms with van der Waals surface area (Å²) in [6, 6.07) is 24.4. The van der Waals surface area contributed by atoms with Crippen LogP contribution in [0.25, 0.3) is 11.4 Å². The number of pyridine rings is 1. The molecule has 1 fully saturated rings. The first-order valence-corrected chi connectivity index (χ1v) is 14.6. The molecule has 4 aromatic rings. The molecule has 0 amide bonds. The summed E-state index contributed by atoms with van der Waals surface area (Å²) in [5.74, 6) is 3.17. The Labute approximate surface area is 242 Å². The third-order valence-electron chi connectivity index (χ3n) is 7.67. The van der Waals surface area contributed by atoms with E-state index in [0.29, 0.717) is 12.5 Å². The quantitative estimate of drug-likeness (QED) is 0.278. The molecule has 6 rings (SSSR count). The van der Waals surface area contributed by atoms with Gasteiger partial charge in [0.25, 0.3) is 0 Å². The van der Waals surface area contributed by atoms with Crippen molar-refractivity contribution in [2.45, 2.75) is 45.9 Å². The Hall–Kier alpha value is -4.01. The highest BCUT2D eigenvalue weighted by atomic mass is 16.5. The Morgan fingerprint density at radius 3 is 2.61 bits per heavy atom. The summed E-state index contributed by atoms with van der Waals surface area (Å²) in [7, 11) is 0. The van der Waals surface area contributed by atoms with Crippen molar-refractivity contribution in [2.75, 3.05) is 43.1 Å². The van der Waals surface area contributed by atoms with Crippen LogP contribution in [0, 0.1) is 0 Å². The Balaban J connectivity index is 1.21. The summed E-state index contributed by atoms with van der Waals surface area (Å²) in [5, 5.41) is 3.40. The van der Waals surface area contributed by atoms with E-state index in [4.69, 9.17) is 19.4 Å². The number of benzene rings is 2. The minimum absolute atomic E-state index is 0.288. The number of fused-ring (bicyclic) bond motifs is 1. The molecule has 1 saturated heterocycles. The van der Waals surface area contributed by atoms with E-state index in [2.05, 4.69) is 58.2 Å². The van der Waals surface area contributed by atoms with Gasteiger partial charge in [-0.15, -0.1) is 0 Å². The molecule has 0 radical (unpaired) electrons. The van der Waals surface area contributed by atoms with E-state index in [1.54, 1.807) is 0 Å². The summed E-state index contributed by atoms with van der Waals surface area (Å²) in [5.41, 5.74) is 5.50. The minimum atomic E-state index is 0.288. The van der Waals surface area contributed by atoms with Crippen molar-refractivity contribution in [1.29, 1.82) is 0 Å². The second-order valence-electron chi connectivity index (χ2n) is 10.8. The summed E-state index contributed by atoms with van der Waals surface area (Å²) in [4.78, 5) is 19.8. The first-order valence-electron chi connectivity index (χ1n) is 14.6. The fourth-order valence-electron chi connectivity index (χ4n) is 5.53. The molecule has 1 N–H and O–H groups in total. The molecule has 4 heterocycles. The molecule has 8 nitrogen and oxygen atoms in total. The monoisotopic (exact) mass is 550 g/mol. The van der Waals surface area contributed by atoms with Crippen molar-refractivity contribution >= 4 is 17.3 Å². The number of nitrogens with zero attached hydrogens (tertiary/aromatic N) is 5. The van der Waals surface area contributed by atoms with Gasteiger partial charge in [0, 0.05) is 42.5 Å². The highest BCUT2D eigenvalue weighted by Crippen LogP contribution is 2.32. The number of anilines is 3. The molecule has 0 saturated carbocycles. The maximum atomic E-state index is 5.90. The number of rotatable bonds is 9. The van der Waals surface area contributed by atoms with Gasteiger partial charge in [-0.2, -0.15) is 4.98 Å². The summed E-state index contributed by atoms with van der Waals surface area (Å²) < 4.78 is 11.6. The number of nitrogens with one attached hydrogen (secondary N) is 1. The maximum absolute atomic E-state index is 5.90. The van der Waals surface area contributed by atoms with E-state index in [-0.39, 0.29) is 6.04 Å². The summed E-state index contributed by atoms with van der Waals surface area (Å²) >= 11 is 0. The van der Waals surface area contributed by atoms with Crippen LogP contribution in [-0.2, 0) is 24.3 Å². The van der Waals surface area contributed by atoms with Crippen LogP contribution >= 0.6 is 0 Å². The highest BCUT2D eigenvalue weighted by molar-refractivity contribution is 5.66. The van der Waals surface area contributed by atoms with Gasteiger partial charge in [-0.1, -0.05) is 43.3 Å². The Kier molecular flexibility index (Phi) is 8.39. The Morgan fingerprint density at radius 2 is 1.80 bits per heavy atom. The van der Waals surface area contributed by atoms with Crippen LogP contribution in [0.3, 0.4) is 0 Å². The zero-order valence-electron chi connectivity index (χ0n) is 23.9. The molecule has 2 aromatic carbocycles. The molecule has 2 aliphatic rings. The second kappa shape index (κ2) is 12.7. The standard InChI is InChI=1S/C33H38N6O2/c1-3-17-38-18-16-28-29(21-38)35-32(37-33(28)39-19-20-40-22-24(39)2)26-12-14-27(15-13-26)34-30-10-7-11-31(36-30)41-23-25-8-5-4-6-9-25/h4-15,24H,3,16-23H2,1-2H3,(H,34,36). The first kappa shape index (κ1) is 27.2. The van der Waals surface area contributed by atoms with E-state index >= 15 is 0 Å². The molecule has 212 valence electrons. The lowest BCUT2D eigenvalue weighted by molar-refractivity contribution is 0.0983. The number of aromatic nitrogens is 3. The maximum Gasteiger partial charge on any atom is 0.215 e. The van der Waals surface area contributed by atoms with Crippen molar-refractivity contribution in [3.8, 4) is 17.3 Å². The van der Waals surface area contributed by atoms with Gasteiger partial charge in [0.05, 0.1) is 24.9 Å². The molecular formula is C33H38N6O2. The zero-order valence-corrected chi connectivity index (χ0v) is 23.9. The van der Waals surface area contributed by atoms with Crippen molar-refractivity contribution < 1.29 is 9.47 Å². The second-order valence-corrected chi connectivity index (χ2v) is 10.8. The molecule has 2 aliphatic heterocycles. The van der Waals surface area contributed by atoms with Gasteiger partial charge in [-0.25, -0.2) is 9.97 Å². The molecule has 1 atom stereocenters. The van der Waals surface area contributed by atoms with Crippen molar-refractivity contribution in [2.24, 2.45) is 0 Å². The predicted octanol–water partition coefficient (Wildman–Crippen LogP) is 5.85. The van der Waals surface area contributed by atoms with Gasteiger partial charge >= 0.3 is 0 Å². The van der Waals surface area contributed by atoms with E-state index < -0.39 is 0 Å². The number of hydrogen-bond donors (Lipinski definition) is 1. The molecule has 1 unspecified atom stereocenters. The fourth-order valence-corrected chi connectivity index (χ4v) is 5.53. The average molecular weight is 551 g/mol. The van der Waals surface area contributed by atoms with Crippen molar-refractivity contribution in [1.82, 2.24) is 19.9 Å². The van der Waals surface area contributed by atoms with Crippen molar-refractivity contribution in [3.63, 3.8) is 0 Å². The van der Waals surface area contributed by atoms with Gasteiger partial charge in [-0.3, -0.25) is 4.90 Å². The largest absolute Gasteiger partial charge is 0.473 e. The lowest BCUT2D eigenvalue weighted by atomic mass is 10.0. The zero-order chi connectivity index (χ0) is 28.0. The van der Waals surface area contributed by atoms with Crippen LogP contribution in [0.5, 0.6) is 5.88 Å². The van der Waals surface area contributed by atoms with Gasteiger partial charge < -0.3 is 19.7 Å². The first-order chi connectivity index (χ1) is 20.2. The number of morpholine rings is 1. The smallest absolute Gasteiger partial charge is 0.215 e. The van der Waals surface area contributed by atoms with E-state index in [9.17, 15) is 0 Å². The van der Waals surface area contributed by atoms with Crippen molar-refractivity contribution in [3.05, 3.63) is 89.6 Å². The normalized spacial score (nSPS) is 17.2. The lowest BCUT2D eigenvalue weighted by Crippen LogP contribution is -2.45. The summed E-state index contributed by atoms with van der Waals surface area (Å²) in [6.07, 6.45) is 2.13. The highest BCUT2D eigenvalue weighted by Gasteiger charge is 2.28. The van der Waals surface area contributed by atoms with Crippen LogP contribution in [0.1, 0.15) is 37.1 Å². The van der Waals surface area contributed by atoms with Crippen LogP contribution in [0.2, 0.25) is 0 Å². The van der Waals surface area contributed by atoms with Gasteiger partial charge in [0.1, 0.15) is 18.2 Å². The van der Waals surface area contributed by atoms with E-state index in [0.717, 1.165) is 92.2 Å². The molecule has 0 bridgehead atoms. The average Bonchev–Trinajstić information content (AvgIpc) is 3.01. The van der Waals surface area contributed by atoms with E-state index in [1.165, 1.54) is 5.56 Å². The molecule has 0 aliphatic carbocycles. The molecule has 8 heteroatoms. The van der Waals surface area contributed by atoms with Gasteiger partial charge in [-0.05, 0) is 62.2 Å². The molecule has 41 heavy (non-hydrogen) atoms. The molecule has 0 spiro atoms. The van der Waals surface area contributed by atoms with Crippen LogP contribution in [0.4, 0.5) is 17.3 Å². The van der Waals surface area contributed by atoms with Gasteiger partial charge in [0.2, 0.25) is 5.88 Å². The number of hydrogen-bond acceptors (Lipinski definition) is 8. The summed E-state index contributed by atoms with van der Waals surface area (Å²) in [6.45, 7) is 10.3.